The second kappa shape index (κ2) is 5.71. The second-order valence-corrected chi connectivity index (χ2v) is 5.80. The van der Waals surface area contributed by atoms with Crippen molar-refractivity contribution in [1.82, 2.24) is 0 Å². The van der Waals surface area contributed by atoms with E-state index in [1.807, 2.05) is 0 Å². The van der Waals surface area contributed by atoms with E-state index >= 15 is 0 Å². The van der Waals surface area contributed by atoms with Crippen LogP contribution in [0, 0.1) is 13.8 Å². The molecule has 0 aromatic heterocycles. The molecule has 0 amide bonds. The molecule has 0 heterocycles. The van der Waals surface area contributed by atoms with Gasteiger partial charge in [0.15, 0.2) is 0 Å². The molecule has 3 aromatic rings. The maximum absolute atomic E-state index is 6.47. The average molecular weight is 275 g/mol. The zero-order chi connectivity index (χ0) is 14.8. The van der Waals surface area contributed by atoms with E-state index in [0.717, 1.165) is 6.42 Å². The molecular formula is C20H21N. The minimum absolute atomic E-state index is 0.0485. The molecule has 3 aromatic carbocycles. The lowest BCUT2D eigenvalue weighted by molar-refractivity contribution is 0.712. The number of fused-ring (bicyclic) bond motifs is 1. The van der Waals surface area contributed by atoms with E-state index in [1.165, 1.54) is 33.0 Å². The quantitative estimate of drug-likeness (QED) is 0.736. The van der Waals surface area contributed by atoms with Gasteiger partial charge in [-0.25, -0.2) is 0 Å². The first-order chi connectivity index (χ1) is 10.1. The standard InChI is InChI=1S/C20H21N/c1-14-6-5-7-15(2)20(14)19(21)13-16-10-11-17-8-3-4-9-18(17)12-16/h3-12,19H,13,21H2,1-2H3. The number of hydrogen-bond donors (Lipinski definition) is 1. The number of rotatable bonds is 3. The molecule has 0 aliphatic rings. The molecule has 1 unspecified atom stereocenters. The lowest BCUT2D eigenvalue weighted by Crippen LogP contribution is -2.16. The SMILES string of the molecule is Cc1cccc(C)c1C(N)Cc1ccc2ccccc2c1. The van der Waals surface area contributed by atoms with Gasteiger partial charge in [0.1, 0.15) is 0 Å². The summed E-state index contributed by atoms with van der Waals surface area (Å²) in [4.78, 5) is 0. The zero-order valence-electron chi connectivity index (χ0n) is 12.6. The Kier molecular flexibility index (Phi) is 3.76. The van der Waals surface area contributed by atoms with Crippen molar-refractivity contribution in [3.63, 3.8) is 0 Å². The first-order valence-corrected chi connectivity index (χ1v) is 7.44. The minimum Gasteiger partial charge on any atom is -0.324 e. The predicted molar refractivity (Wildman–Crippen MR) is 90.5 cm³/mol. The number of nitrogens with two attached hydrogens (primary N) is 1. The average Bonchev–Trinajstić information content (AvgIpc) is 2.47. The Morgan fingerprint density at radius 3 is 2.19 bits per heavy atom. The molecule has 0 fully saturated rings. The largest absolute Gasteiger partial charge is 0.324 e. The third-order valence-corrected chi connectivity index (χ3v) is 4.18. The minimum atomic E-state index is 0.0485. The highest BCUT2D eigenvalue weighted by molar-refractivity contribution is 5.83. The summed E-state index contributed by atoms with van der Waals surface area (Å²) in [6, 6.07) is 21.5. The van der Waals surface area contributed by atoms with Crippen LogP contribution in [0.25, 0.3) is 10.8 Å². The highest BCUT2D eigenvalue weighted by atomic mass is 14.6. The summed E-state index contributed by atoms with van der Waals surface area (Å²) in [5.41, 5.74) is 11.6. The molecule has 1 nitrogen and oxygen atoms in total. The topological polar surface area (TPSA) is 26.0 Å². The van der Waals surface area contributed by atoms with E-state index in [0.29, 0.717) is 0 Å². The maximum atomic E-state index is 6.47. The number of benzene rings is 3. The van der Waals surface area contributed by atoms with Crippen LogP contribution in [-0.4, -0.2) is 0 Å². The van der Waals surface area contributed by atoms with Gasteiger partial charge in [0.05, 0.1) is 0 Å². The Labute approximate surface area is 126 Å². The Balaban J connectivity index is 1.91. The molecule has 0 saturated carbocycles. The van der Waals surface area contributed by atoms with Gasteiger partial charge in [-0.15, -0.1) is 0 Å². The van der Waals surface area contributed by atoms with Crippen LogP contribution >= 0.6 is 0 Å². The zero-order valence-corrected chi connectivity index (χ0v) is 12.6. The Morgan fingerprint density at radius 2 is 1.48 bits per heavy atom. The van der Waals surface area contributed by atoms with E-state index in [2.05, 4.69) is 74.5 Å². The van der Waals surface area contributed by atoms with Crippen molar-refractivity contribution in [2.75, 3.05) is 0 Å². The second-order valence-electron chi connectivity index (χ2n) is 5.80. The predicted octanol–water partition coefficient (Wildman–Crippen LogP) is 4.70. The fourth-order valence-corrected chi connectivity index (χ4v) is 3.13. The van der Waals surface area contributed by atoms with Crippen LogP contribution in [0.3, 0.4) is 0 Å². The van der Waals surface area contributed by atoms with Gasteiger partial charge >= 0.3 is 0 Å². The third kappa shape index (κ3) is 2.84. The molecule has 0 spiro atoms. The molecule has 2 N–H and O–H groups in total. The van der Waals surface area contributed by atoms with E-state index in [-0.39, 0.29) is 6.04 Å². The molecule has 0 radical (unpaired) electrons. The molecule has 0 saturated heterocycles. The van der Waals surface area contributed by atoms with Crippen molar-refractivity contribution in [2.45, 2.75) is 26.3 Å². The molecule has 3 rings (SSSR count). The summed E-state index contributed by atoms with van der Waals surface area (Å²) >= 11 is 0. The Morgan fingerprint density at radius 1 is 0.810 bits per heavy atom. The van der Waals surface area contributed by atoms with Crippen molar-refractivity contribution < 1.29 is 0 Å². The smallest absolute Gasteiger partial charge is 0.0341 e. The molecule has 0 aliphatic heterocycles. The van der Waals surface area contributed by atoms with Gasteiger partial charge in [-0.3, -0.25) is 0 Å². The molecule has 0 aliphatic carbocycles. The van der Waals surface area contributed by atoms with Gasteiger partial charge < -0.3 is 5.73 Å². The van der Waals surface area contributed by atoms with Crippen molar-refractivity contribution >= 4 is 10.8 Å². The fourth-order valence-electron chi connectivity index (χ4n) is 3.13. The molecule has 0 bridgehead atoms. The van der Waals surface area contributed by atoms with E-state index in [9.17, 15) is 0 Å². The lowest BCUT2D eigenvalue weighted by atomic mass is 9.92. The summed E-state index contributed by atoms with van der Waals surface area (Å²) < 4.78 is 0. The van der Waals surface area contributed by atoms with Gasteiger partial charge in [0, 0.05) is 6.04 Å². The highest BCUT2D eigenvalue weighted by Gasteiger charge is 2.12. The van der Waals surface area contributed by atoms with Gasteiger partial charge in [-0.2, -0.15) is 0 Å². The normalized spacial score (nSPS) is 12.5. The van der Waals surface area contributed by atoms with E-state index in [1.54, 1.807) is 0 Å². The monoisotopic (exact) mass is 275 g/mol. The first kappa shape index (κ1) is 13.8. The van der Waals surface area contributed by atoms with Crippen molar-refractivity contribution in [2.24, 2.45) is 5.73 Å². The van der Waals surface area contributed by atoms with Gasteiger partial charge in [0.25, 0.3) is 0 Å². The van der Waals surface area contributed by atoms with Crippen LogP contribution < -0.4 is 5.73 Å². The van der Waals surface area contributed by atoms with Crippen molar-refractivity contribution in [1.29, 1.82) is 0 Å². The lowest BCUT2D eigenvalue weighted by Gasteiger charge is -2.18. The van der Waals surface area contributed by atoms with Crippen LogP contribution in [0.2, 0.25) is 0 Å². The summed E-state index contributed by atoms with van der Waals surface area (Å²) in [5.74, 6) is 0. The Bertz CT molecular complexity index is 753. The summed E-state index contributed by atoms with van der Waals surface area (Å²) in [6.45, 7) is 4.28. The summed E-state index contributed by atoms with van der Waals surface area (Å²) in [7, 11) is 0. The fraction of sp³-hybridized carbons (Fsp3) is 0.200. The first-order valence-electron chi connectivity index (χ1n) is 7.44. The summed E-state index contributed by atoms with van der Waals surface area (Å²) in [5, 5.41) is 2.56. The number of aryl methyl sites for hydroxylation is 2. The Hall–Kier alpha value is -2.12. The molecule has 21 heavy (non-hydrogen) atoms. The summed E-state index contributed by atoms with van der Waals surface area (Å²) in [6.07, 6.45) is 0.872. The van der Waals surface area contributed by atoms with E-state index in [4.69, 9.17) is 5.73 Å². The van der Waals surface area contributed by atoms with Crippen molar-refractivity contribution in [3.05, 3.63) is 82.9 Å². The van der Waals surface area contributed by atoms with Gasteiger partial charge in [0.2, 0.25) is 0 Å². The molecule has 106 valence electrons. The molecule has 1 heteroatoms. The van der Waals surface area contributed by atoms with Crippen LogP contribution in [0.1, 0.15) is 28.3 Å². The molecule has 1 atom stereocenters. The van der Waals surface area contributed by atoms with Gasteiger partial charge in [-0.1, -0.05) is 60.7 Å². The maximum Gasteiger partial charge on any atom is 0.0341 e. The van der Waals surface area contributed by atoms with Crippen LogP contribution in [0.5, 0.6) is 0 Å². The van der Waals surface area contributed by atoms with E-state index < -0.39 is 0 Å². The van der Waals surface area contributed by atoms with Gasteiger partial charge in [-0.05, 0) is 53.3 Å². The highest BCUT2D eigenvalue weighted by Crippen LogP contribution is 2.24. The third-order valence-electron chi connectivity index (χ3n) is 4.18. The number of hydrogen-bond acceptors (Lipinski definition) is 1. The van der Waals surface area contributed by atoms with Crippen LogP contribution in [-0.2, 0) is 6.42 Å². The van der Waals surface area contributed by atoms with Crippen LogP contribution in [0.4, 0.5) is 0 Å². The molecular weight excluding hydrogens is 254 g/mol. The van der Waals surface area contributed by atoms with Crippen LogP contribution in [0.15, 0.2) is 60.7 Å². The van der Waals surface area contributed by atoms with Crippen molar-refractivity contribution in [3.8, 4) is 0 Å².